The first-order valence-electron chi connectivity index (χ1n) is 8.62. The summed E-state index contributed by atoms with van der Waals surface area (Å²) in [5.41, 5.74) is 2.46. The molecule has 0 aliphatic heterocycles. The fourth-order valence-electron chi connectivity index (χ4n) is 2.49. The van der Waals surface area contributed by atoms with E-state index in [1.54, 1.807) is 54.7 Å². The highest BCUT2D eigenvalue weighted by Gasteiger charge is 2.09. The third-order valence-corrected chi connectivity index (χ3v) is 3.85. The minimum absolute atomic E-state index is 0.171. The van der Waals surface area contributed by atoms with Crippen LogP contribution in [0.2, 0.25) is 0 Å². The van der Waals surface area contributed by atoms with Crippen LogP contribution in [0.25, 0.3) is 0 Å². The first kappa shape index (κ1) is 18.2. The molecule has 0 aliphatic carbocycles. The lowest BCUT2D eigenvalue weighted by Crippen LogP contribution is -2.12. The Morgan fingerprint density at radius 3 is 2.48 bits per heavy atom. The van der Waals surface area contributed by atoms with Gasteiger partial charge in [-0.3, -0.25) is 9.79 Å². The Morgan fingerprint density at radius 2 is 1.74 bits per heavy atom. The highest BCUT2D eigenvalue weighted by molar-refractivity contribution is 6.05. The lowest BCUT2D eigenvalue weighted by atomic mass is 10.2. The number of phenols is 1. The highest BCUT2D eigenvalue weighted by atomic mass is 16.5. The molecule has 3 aromatic carbocycles. The smallest absolute Gasteiger partial charge is 0.255 e. The first-order chi connectivity index (χ1) is 13.2. The van der Waals surface area contributed by atoms with E-state index in [-0.39, 0.29) is 11.7 Å². The van der Waals surface area contributed by atoms with E-state index in [0.717, 1.165) is 0 Å². The number of hydrogen-bond donors (Lipinski definition) is 2. The van der Waals surface area contributed by atoms with Gasteiger partial charge in [-0.05, 0) is 55.5 Å². The molecule has 0 spiro atoms. The van der Waals surface area contributed by atoms with Crippen molar-refractivity contribution < 1.29 is 14.6 Å². The van der Waals surface area contributed by atoms with Gasteiger partial charge in [-0.25, -0.2) is 0 Å². The minimum Gasteiger partial charge on any atom is -0.507 e. The fourth-order valence-corrected chi connectivity index (χ4v) is 2.49. The van der Waals surface area contributed by atoms with Crippen LogP contribution in [0.1, 0.15) is 22.8 Å². The molecule has 0 unspecified atom stereocenters. The van der Waals surface area contributed by atoms with Crippen molar-refractivity contribution in [3.63, 3.8) is 0 Å². The SMILES string of the molecule is CCOc1ccccc1NC(=O)c1ccc(N=Cc2ccccc2O)cc1. The Bertz CT molecular complexity index is 950. The number of rotatable bonds is 6. The van der Waals surface area contributed by atoms with Crippen LogP contribution in [0.4, 0.5) is 11.4 Å². The van der Waals surface area contributed by atoms with Crippen LogP contribution >= 0.6 is 0 Å². The van der Waals surface area contributed by atoms with Crippen molar-refractivity contribution >= 4 is 23.5 Å². The number of nitrogens with zero attached hydrogens (tertiary/aromatic N) is 1. The molecule has 0 aliphatic rings. The van der Waals surface area contributed by atoms with Crippen molar-refractivity contribution in [2.75, 3.05) is 11.9 Å². The van der Waals surface area contributed by atoms with Crippen molar-refractivity contribution in [1.29, 1.82) is 0 Å². The maximum atomic E-state index is 12.5. The third-order valence-electron chi connectivity index (χ3n) is 3.85. The quantitative estimate of drug-likeness (QED) is 0.621. The second-order valence-corrected chi connectivity index (χ2v) is 5.75. The zero-order valence-electron chi connectivity index (χ0n) is 14.9. The predicted octanol–water partition coefficient (Wildman–Crippen LogP) is 4.79. The van der Waals surface area contributed by atoms with E-state index in [9.17, 15) is 9.90 Å². The summed E-state index contributed by atoms with van der Waals surface area (Å²) < 4.78 is 5.52. The number of aliphatic imine (C=N–C) groups is 1. The van der Waals surface area contributed by atoms with Gasteiger partial charge in [-0.2, -0.15) is 0 Å². The van der Waals surface area contributed by atoms with E-state index in [4.69, 9.17) is 4.74 Å². The van der Waals surface area contributed by atoms with Gasteiger partial charge in [0.15, 0.2) is 0 Å². The molecule has 0 saturated carbocycles. The van der Waals surface area contributed by atoms with Gasteiger partial charge in [0.1, 0.15) is 11.5 Å². The summed E-state index contributed by atoms with van der Waals surface area (Å²) in [6, 6.07) is 21.2. The average Bonchev–Trinajstić information content (AvgIpc) is 2.69. The number of anilines is 1. The Kier molecular flexibility index (Phi) is 5.84. The lowest BCUT2D eigenvalue weighted by molar-refractivity contribution is 0.102. The van der Waals surface area contributed by atoms with Gasteiger partial charge in [-0.1, -0.05) is 24.3 Å². The van der Waals surface area contributed by atoms with Crippen LogP contribution < -0.4 is 10.1 Å². The normalized spacial score (nSPS) is 10.7. The molecule has 0 saturated heterocycles. The molecule has 136 valence electrons. The number of nitrogens with one attached hydrogen (secondary N) is 1. The topological polar surface area (TPSA) is 70.9 Å². The van der Waals surface area contributed by atoms with Crippen LogP contribution in [-0.2, 0) is 0 Å². The number of carbonyl (C=O) groups is 1. The summed E-state index contributed by atoms with van der Waals surface area (Å²) in [6.07, 6.45) is 1.59. The van der Waals surface area contributed by atoms with Crippen LogP contribution in [0.3, 0.4) is 0 Å². The molecule has 0 heterocycles. The molecular formula is C22H20N2O3. The molecule has 2 N–H and O–H groups in total. The molecule has 5 heteroatoms. The molecule has 0 bridgehead atoms. The second kappa shape index (κ2) is 8.67. The number of ether oxygens (including phenoxy) is 1. The van der Waals surface area contributed by atoms with E-state index in [1.165, 1.54) is 0 Å². The molecule has 0 radical (unpaired) electrons. The molecule has 5 nitrogen and oxygen atoms in total. The molecule has 0 atom stereocenters. The zero-order chi connectivity index (χ0) is 19.1. The van der Waals surface area contributed by atoms with E-state index in [0.29, 0.717) is 34.9 Å². The van der Waals surface area contributed by atoms with Gasteiger partial charge in [-0.15, -0.1) is 0 Å². The first-order valence-corrected chi connectivity index (χ1v) is 8.62. The monoisotopic (exact) mass is 360 g/mol. The fraction of sp³-hybridized carbons (Fsp3) is 0.0909. The number of aromatic hydroxyl groups is 1. The Labute approximate surface area is 158 Å². The number of phenolic OH excluding ortho intramolecular Hbond substituents is 1. The standard InChI is InChI=1S/C22H20N2O3/c1-2-27-21-10-6-4-8-19(21)24-22(26)16-11-13-18(14-12-16)23-15-17-7-3-5-9-20(17)25/h3-15,25H,2H2,1H3,(H,24,26). The van der Waals surface area contributed by atoms with Crippen LogP contribution in [0.5, 0.6) is 11.5 Å². The zero-order valence-corrected chi connectivity index (χ0v) is 14.9. The summed E-state index contributed by atoms with van der Waals surface area (Å²) in [5.74, 6) is 0.584. The number of carbonyl (C=O) groups excluding carboxylic acids is 1. The van der Waals surface area contributed by atoms with Gasteiger partial charge in [0.2, 0.25) is 0 Å². The summed E-state index contributed by atoms with van der Waals surface area (Å²) >= 11 is 0. The molecule has 1 amide bonds. The van der Waals surface area contributed by atoms with Crippen LogP contribution in [-0.4, -0.2) is 23.8 Å². The van der Waals surface area contributed by atoms with E-state index in [2.05, 4.69) is 10.3 Å². The molecule has 27 heavy (non-hydrogen) atoms. The number of hydrogen-bond acceptors (Lipinski definition) is 4. The molecule has 3 rings (SSSR count). The molecule has 0 aromatic heterocycles. The van der Waals surface area contributed by atoms with E-state index < -0.39 is 0 Å². The van der Waals surface area contributed by atoms with Crippen molar-refractivity contribution in [2.24, 2.45) is 4.99 Å². The number of para-hydroxylation sites is 3. The predicted molar refractivity (Wildman–Crippen MR) is 107 cm³/mol. The van der Waals surface area contributed by atoms with E-state index in [1.807, 2.05) is 31.2 Å². The molecular weight excluding hydrogens is 340 g/mol. The lowest BCUT2D eigenvalue weighted by Gasteiger charge is -2.11. The van der Waals surface area contributed by atoms with Crippen LogP contribution in [0.15, 0.2) is 77.8 Å². The summed E-state index contributed by atoms with van der Waals surface area (Å²) in [5, 5.41) is 12.6. The van der Waals surface area contributed by atoms with Crippen LogP contribution in [0, 0.1) is 0 Å². The highest BCUT2D eigenvalue weighted by Crippen LogP contribution is 2.24. The van der Waals surface area contributed by atoms with Crippen molar-refractivity contribution in [3.8, 4) is 11.5 Å². The number of amides is 1. The Morgan fingerprint density at radius 1 is 1.04 bits per heavy atom. The van der Waals surface area contributed by atoms with Gasteiger partial charge < -0.3 is 15.2 Å². The maximum absolute atomic E-state index is 12.5. The largest absolute Gasteiger partial charge is 0.507 e. The second-order valence-electron chi connectivity index (χ2n) is 5.75. The third kappa shape index (κ3) is 4.73. The minimum atomic E-state index is -0.224. The van der Waals surface area contributed by atoms with E-state index >= 15 is 0 Å². The molecule has 3 aromatic rings. The average molecular weight is 360 g/mol. The Hall–Kier alpha value is -3.60. The van der Waals surface area contributed by atoms with Gasteiger partial charge >= 0.3 is 0 Å². The number of benzene rings is 3. The Balaban J connectivity index is 1.70. The summed E-state index contributed by atoms with van der Waals surface area (Å²) in [4.78, 5) is 16.8. The van der Waals surface area contributed by atoms with Crippen molar-refractivity contribution in [1.82, 2.24) is 0 Å². The van der Waals surface area contributed by atoms with Crippen molar-refractivity contribution in [2.45, 2.75) is 6.92 Å². The molecule has 0 fully saturated rings. The maximum Gasteiger partial charge on any atom is 0.255 e. The van der Waals surface area contributed by atoms with Crippen molar-refractivity contribution in [3.05, 3.63) is 83.9 Å². The van der Waals surface area contributed by atoms with Gasteiger partial charge in [0.25, 0.3) is 5.91 Å². The summed E-state index contributed by atoms with van der Waals surface area (Å²) in [7, 11) is 0. The van der Waals surface area contributed by atoms with Gasteiger partial charge in [0, 0.05) is 17.3 Å². The summed E-state index contributed by atoms with van der Waals surface area (Å²) in [6.45, 7) is 2.42. The van der Waals surface area contributed by atoms with Gasteiger partial charge in [0.05, 0.1) is 18.0 Å².